The Morgan fingerprint density at radius 2 is 0.732 bits per heavy atom. The Bertz CT molecular complexity index is 1670. The Labute approximate surface area is 253 Å². The summed E-state index contributed by atoms with van der Waals surface area (Å²) >= 11 is 2.44. The van der Waals surface area contributed by atoms with Crippen molar-refractivity contribution in [2.24, 2.45) is 0 Å². The van der Waals surface area contributed by atoms with Crippen LogP contribution in [0.3, 0.4) is 0 Å². The van der Waals surface area contributed by atoms with Gasteiger partial charge in [-0.25, -0.2) is 8.78 Å². The van der Waals surface area contributed by atoms with Gasteiger partial charge in [-0.3, -0.25) is 0 Å². The normalized spacial score (nSPS) is 11.0. The zero-order valence-electron chi connectivity index (χ0n) is 22.5. The second-order valence-electron chi connectivity index (χ2n) is 10.3. The fourth-order valence-corrected chi connectivity index (χ4v) is 5.85. The molecule has 0 N–H and O–H groups in total. The number of halogens is 3. The minimum absolute atomic E-state index is 0.221. The summed E-state index contributed by atoms with van der Waals surface area (Å²) in [5.41, 5.74) is 12.7. The number of hydrogen-bond acceptors (Lipinski definition) is 0. The van der Waals surface area contributed by atoms with Crippen molar-refractivity contribution >= 4 is 22.6 Å². The molecule has 200 valence electrons. The predicted octanol–water partition coefficient (Wildman–Crippen LogP) is 11.1. The Kier molecular flexibility index (Phi) is 7.80. The van der Waals surface area contributed by atoms with Crippen molar-refractivity contribution in [3.8, 4) is 44.5 Å². The molecule has 0 heterocycles. The summed E-state index contributed by atoms with van der Waals surface area (Å²) in [7, 11) is 0. The molecule has 3 heteroatoms. The molecular formula is C38H27F2I. The van der Waals surface area contributed by atoms with Crippen LogP contribution in [0.1, 0.15) is 16.7 Å². The van der Waals surface area contributed by atoms with Crippen molar-refractivity contribution in [3.05, 3.63) is 165 Å². The van der Waals surface area contributed by atoms with Gasteiger partial charge in [0.15, 0.2) is 0 Å². The van der Waals surface area contributed by atoms with Gasteiger partial charge in [-0.15, -0.1) is 0 Å². The lowest BCUT2D eigenvalue weighted by molar-refractivity contribution is 0.627. The molecule has 6 aromatic carbocycles. The summed E-state index contributed by atoms with van der Waals surface area (Å²) < 4.78 is 27.8. The first-order valence-electron chi connectivity index (χ1n) is 13.5. The van der Waals surface area contributed by atoms with Crippen molar-refractivity contribution in [1.82, 2.24) is 0 Å². The van der Waals surface area contributed by atoms with E-state index in [2.05, 4.69) is 114 Å². The molecule has 0 saturated heterocycles. The van der Waals surface area contributed by atoms with Gasteiger partial charge in [-0.1, -0.05) is 103 Å². The number of aryl methyl sites for hydroxylation is 1. The van der Waals surface area contributed by atoms with E-state index >= 15 is 0 Å². The lowest BCUT2D eigenvalue weighted by atomic mass is 9.94. The van der Waals surface area contributed by atoms with E-state index < -0.39 is 0 Å². The molecule has 0 aliphatic heterocycles. The average Bonchev–Trinajstić information content (AvgIpc) is 3.00. The van der Waals surface area contributed by atoms with Crippen LogP contribution in [-0.4, -0.2) is 0 Å². The lowest BCUT2D eigenvalue weighted by Gasteiger charge is -2.12. The third kappa shape index (κ3) is 6.15. The van der Waals surface area contributed by atoms with Crippen LogP contribution >= 0.6 is 22.6 Å². The second-order valence-corrected chi connectivity index (χ2v) is 11.5. The maximum atomic E-state index is 13.3. The maximum absolute atomic E-state index is 13.3. The van der Waals surface area contributed by atoms with E-state index in [1.54, 1.807) is 0 Å². The van der Waals surface area contributed by atoms with E-state index in [-0.39, 0.29) is 11.6 Å². The first-order valence-corrected chi connectivity index (χ1v) is 14.6. The molecule has 0 spiro atoms. The monoisotopic (exact) mass is 648 g/mol. The molecule has 0 saturated carbocycles. The van der Waals surface area contributed by atoms with Crippen molar-refractivity contribution in [2.75, 3.05) is 0 Å². The number of rotatable bonds is 6. The number of hydrogen-bond donors (Lipinski definition) is 0. The largest absolute Gasteiger partial charge is 0.207 e. The maximum Gasteiger partial charge on any atom is 0.123 e. The van der Waals surface area contributed by atoms with Gasteiger partial charge in [0.2, 0.25) is 0 Å². The van der Waals surface area contributed by atoms with E-state index in [9.17, 15) is 8.78 Å². The van der Waals surface area contributed by atoms with Gasteiger partial charge < -0.3 is 0 Å². The first kappa shape index (κ1) is 27.1. The number of benzene rings is 6. The molecule has 0 aliphatic rings. The highest BCUT2D eigenvalue weighted by Gasteiger charge is 2.09. The smallest absolute Gasteiger partial charge is 0.123 e. The third-order valence-electron chi connectivity index (χ3n) is 7.57. The van der Waals surface area contributed by atoms with Crippen LogP contribution in [0.5, 0.6) is 0 Å². The molecule has 0 unspecified atom stereocenters. The standard InChI is InChI=1S/C38H27F2I/c1-25-22-33(30-6-2-26(3-7-30)28-14-18-36(39)19-15-28)11-10-32(25)23-35-13-12-34(24-38(35)41)31-8-4-27(5-9-31)29-16-20-37(40)21-17-29/h2-22,24H,23H2,1H3. The summed E-state index contributed by atoms with van der Waals surface area (Å²) in [6.07, 6.45) is 0.873. The van der Waals surface area contributed by atoms with Crippen molar-refractivity contribution in [1.29, 1.82) is 0 Å². The third-order valence-corrected chi connectivity index (χ3v) is 8.57. The van der Waals surface area contributed by atoms with Crippen molar-refractivity contribution in [3.63, 3.8) is 0 Å². The molecule has 0 fully saturated rings. The van der Waals surface area contributed by atoms with Gasteiger partial charge in [0.05, 0.1) is 0 Å². The Morgan fingerprint density at radius 3 is 1.12 bits per heavy atom. The molecule has 0 atom stereocenters. The van der Waals surface area contributed by atoms with Crippen molar-refractivity contribution in [2.45, 2.75) is 13.3 Å². The van der Waals surface area contributed by atoms with Crippen LogP contribution in [0, 0.1) is 22.1 Å². The highest BCUT2D eigenvalue weighted by Crippen LogP contribution is 2.30. The van der Waals surface area contributed by atoms with Crippen LogP contribution in [0.2, 0.25) is 0 Å². The van der Waals surface area contributed by atoms with Crippen molar-refractivity contribution < 1.29 is 8.78 Å². The summed E-state index contributed by atoms with van der Waals surface area (Å²) in [6.45, 7) is 2.18. The second kappa shape index (κ2) is 11.8. The molecule has 0 radical (unpaired) electrons. The fraction of sp³-hybridized carbons (Fsp3) is 0.0526. The van der Waals surface area contributed by atoms with E-state index in [4.69, 9.17) is 0 Å². The van der Waals surface area contributed by atoms with Crippen LogP contribution in [0.15, 0.2) is 133 Å². The first-order chi connectivity index (χ1) is 19.9. The van der Waals surface area contributed by atoms with Crippen LogP contribution < -0.4 is 0 Å². The molecule has 0 aliphatic carbocycles. The van der Waals surface area contributed by atoms with Gasteiger partial charge in [0.1, 0.15) is 11.6 Å². The predicted molar refractivity (Wildman–Crippen MR) is 175 cm³/mol. The van der Waals surface area contributed by atoms with E-state index in [0.717, 1.165) is 39.8 Å². The zero-order chi connectivity index (χ0) is 28.3. The fourth-order valence-electron chi connectivity index (χ4n) is 5.14. The average molecular weight is 649 g/mol. The molecule has 6 aromatic rings. The van der Waals surface area contributed by atoms with Crippen LogP contribution in [0.4, 0.5) is 8.78 Å². The zero-order valence-corrected chi connectivity index (χ0v) is 24.7. The minimum atomic E-state index is -0.222. The SMILES string of the molecule is Cc1cc(-c2ccc(-c3ccc(F)cc3)cc2)ccc1Cc1ccc(-c2ccc(-c3ccc(F)cc3)cc2)cc1I. The minimum Gasteiger partial charge on any atom is -0.207 e. The van der Waals surface area contributed by atoms with Crippen LogP contribution in [0.25, 0.3) is 44.5 Å². The van der Waals surface area contributed by atoms with Crippen LogP contribution in [-0.2, 0) is 6.42 Å². The quantitative estimate of drug-likeness (QED) is 0.158. The van der Waals surface area contributed by atoms with Gasteiger partial charge in [-0.05, 0) is 127 Å². The van der Waals surface area contributed by atoms with E-state index in [0.29, 0.717) is 0 Å². The molecule has 0 nitrogen and oxygen atoms in total. The molecular weight excluding hydrogens is 621 g/mol. The highest BCUT2D eigenvalue weighted by molar-refractivity contribution is 14.1. The van der Waals surface area contributed by atoms with Gasteiger partial charge in [0.25, 0.3) is 0 Å². The molecule has 41 heavy (non-hydrogen) atoms. The lowest BCUT2D eigenvalue weighted by Crippen LogP contribution is -1.96. The Balaban J connectivity index is 1.16. The summed E-state index contributed by atoms with van der Waals surface area (Å²) in [5.74, 6) is -0.443. The van der Waals surface area contributed by atoms with E-state index in [1.807, 2.05) is 24.3 Å². The Morgan fingerprint density at radius 1 is 0.415 bits per heavy atom. The summed E-state index contributed by atoms with van der Waals surface area (Å²) in [6, 6.07) is 43.4. The van der Waals surface area contributed by atoms with E-state index in [1.165, 1.54) is 55.7 Å². The highest BCUT2D eigenvalue weighted by atomic mass is 127. The molecule has 0 aromatic heterocycles. The molecule has 0 amide bonds. The molecule has 6 rings (SSSR count). The summed E-state index contributed by atoms with van der Waals surface area (Å²) in [4.78, 5) is 0. The van der Waals surface area contributed by atoms with Gasteiger partial charge in [-0.2, -0.15) is 0 Å². The van der Waals surface area contributed by atoms with Gasteiger partial charge >= 0.3 is 0 Å². The van der Waals surface area contributed by atoms with Gasteiger partial charge in [0, 0.05) is 3.57 Å². The summed E-state index contributed by atoms with van der Waals surface area (Å²) in [5, 5.41) is 0. The molecule has 0 bridgehead atoms. The Hall–Kier alpha value is -4.09. The topological polar surface area (TPSA) is 0 Å².